The van der Waals surface area contributed by atoms with Crippen LogP contribution in [0.3, 0.4) is 0 Å². The molecule has 0 aliphatic rings. The van der Waals surface area contributed by atoms with Crippen molar-refractivity contribution in [3.05, 3.63) is 22.7 Å². The van der Waals surface area contributed by atoms with Crippen LogP contribution in [0.5, 0.6) is 11.5 Å². The fourth-order valence-electron chi connectivity index (χ4n) is 1.30. The van der Waals surface area contributed by atoms with Crippen LogP contribution < -0.4 is 9.47 Å². The van der Waals surface area contributed by atoms with Crippen molar-refractivity contribution in [2.24, 2.45) is 0 Å². The Labute approximate surface area is 106 Å². The number of unbranched alkanes of at least 4 members (excludes halogenated alkanes) is 1. The molecule has 0 atom stereocenters. The van der Waals surface area contributed by atoms with Crippen LogP contribution in [0.1, 0.15) is 23.2 Å². The van der Waals surface area contributed by atoms with Gasteiger partial charge in [0.1, 0.15) is 6.29 Å². The number of benzene rings is 1. The number of carbonyl (C=O) groups is 1. The summed E-state index contributed by atoms with van der Waals surface area (Å²) in [7, 11) is 1.49. The highest BCUT2D eigenvalue weighted by atomic mass is 35.5. The Morgan fingerprint density at radius 2 is 2.29 bits per heavy atom. The van der Waals surface area contributed by atoms with Gasteiger partial charge in [-0.25, -0.2) is 0 Å². The van der Waals surface area contributed by atoms with Gasteiger partial charge in [-0.1, -0.05) is 11.6 Å². The second-order valence-electron chi connectivity index (χ2n) is 3.31. The molecule has 0 aromatic heterocycles. The second kappa shape index (κ2) is 6.82. The minimum atomic E-state index is 0.354. The summed E-state index contributed by atoms with van der Waals surface area (Å²) in [5.74, 6) is 3.41. The molecule has 0 fully saturated rings. The van der Waals surface area contributed by atoms with Gasteiger partial charge in [0.05, 0.1) is 18.7 Å². The summed E-state index contributed by atoms with van der Waals surface area (Å²) in [4.78, 5) is 10.7. The van der Waals surface area contributed by atoms with Crippen LogP contribution in [-0.2, 0) is 0 Å². The molecule has 1 aromatic rings. The van der Waals surface area contributed by atoms with Gasteiger partial charge in [-0.15, -0.1) is 12.3 Å². The molecular weight excluding hydrogens is 240 g/mol. The summed E-state index contributed by atoms with van der Waals surface area (Å²) in [6.07, 6.45) is 7.23. The molecule has 4 heteroatoms. The Bertz CT molecular complexity index is 435. The van der Waals surface area contributed by atoms with Crippen molar-refractivity contribution >= 4 is 17.9 Å². The quantitative estimate of drug-likeness (QED) is 0.444. The molecule has 0 saturated heterocycles. The van der Waals surface area contributed by atoms with E-state index in [-0.39, 0.29) is 0 Å². The van der Waals surface area contributed by atoms with Crippen LogP contribution in [0.15, 0.2) is 12.1 Å². The van der Waals surface area contributed by atoms with Crippen LogP contribution >= 0.6 is 11.6 Å². The first-order valence-electron chi connectivity index (χ1n) is 5.12. The zero-order chi connectivity index (χ0) is 12.7. The lowest BCUT2D eigenvalue weighted by Gasteiger charge is -2.12. The maximum atomic E-state index is 10.7. The van der Waals surface area contributed by atoms with Gasteiger partial charge >= 0.3 is 0 Å². The van der Waals surface area contributed by atoms with Gasteiger partial charge in [0.2, 0.25) is 0 Å². The second-order valence-corrected chi connectivity index (χ2v) is 3.72. The largest absolute Gasteiger partial charge is 0.493 e. The summed E-state index contributed by atoms with van der Waals surface area (Å²) < 4.78 is 10.6. The fraction of sp³-hybridized carbons (Fsp3) is 0.308. The van der Waals surface area contributed by atoms with Crippen LogP contribution in [0.2, 0.25) is 5.02 Å². The van der Waals surface area contributed by atoms with Crippen molar-refractivity contribution in [1.82, 2.24) is 0 Å². The van der Waals surface area contributed by atoms with Crippen LogP contribution in [-0.4, -0.2) is 20.0 Å². The van der Waals surface area contributed by atoms with E-state index in [0.717, 1.165) is 6.42 Å². The first kappa shape index (κ1) is 13.4. The standard InChI is InChI=1S/C13H13ClO3/c1-3-4-5-6-17-13-11(14)7-10(9-15)8-12(13)16-2/h1,7-9H,4-6H2,2H3. The molecule has 1 aromatic carbocycles. The zero-order valence-corrected chi connectivity index (χ0v) is 10.3. The number of terminal acetylenes is 1. The third kappa shape index (κ3) is 3.69. The lowest BCUT2D eigenvalue weighted by molar-refractivity contribution is 0.112. The highest BCUT2D eigenvalue weighted by molar-refractivity contribution is 6.32. The van der Waals surface area contributed by atoms with Crippen molar-refractivity contribution in [2.45, 2.75) is 12.8 Å². The Hall–Kier alpha value is -1.66. The lowest BCUT2D eigenvalue weighted by atomic mass is 10.2. The number of rotatable bonds is 6. The molecule has 0 radical (unpaired) electrons. The van der Waals surface area contributed by atoms with Crippen molar-refractivity contribution in [3.8, 4) is 23.8 Å². The molecule has 0 bridgehead atoms. The number of carbonyl (C=O) groups excluding carboxylic acids is 1. The van der Waals surface area contributed by atoms with Crippen molar-refractivity contribution in [1.29, 1.82) is 0 Å². The van der Waals surface area contributed by atoms with Crippen LogP contribution in [0, 0.1) is 12.3 Å². The lowest BCUT2D eigenvalue weighted by Crippen LogP contribution is -2.00. The highest BCUT2D eigenvalue weighted by Crippen LogP contribution is 2.36. The van der Waals surface area contributed by atoms with Gasteiger partial charge in [-0.3, -0.25) is 4.79 Å². The van der Waals surface area contributed by atoms with Crippen molar-refractivity contribution in [2.75, 3.05) is 13.7 Å². The van der Waals surface area contributed by atoms with E-state index in [1.165, 1.54) is 13.2 Å². The molecular formula is C13H13ClO3. The summed E-state index contributed by atoms with van der Waals surface area (Å²) in [6, 6.07) is 3.11. The molecule has 0 spiro atoms. The molecule has 0 aliphatic carbocycles. The number of methoxy groups -OCH3 is 1. The predicted octanol–water partition coefficient (Wildman–Crippen LogP) is 2.95. The van der Waals surface area contributed by atoms with Crippen LogP contribution in [0.25, 0.3) is 0 Å². The van der Waals surface area contributed by atoms with Gasteiger partial charge in [-0.05, 0) is 18.6 Å². The molecule has 0 heterocycles. The van der Waals surface area contributed by atoms with Gasteiger partial charge in [-0.2, -0.15) is 0 Å². The van der Waals surface area contributed by atoms with E-state index in [1.54, 1.807) is 6.07 Å². The maximum absolute atomic E-state index is 10.7. The van der Waals surface area contributed by atoms with E-state index in [4.69, 9.17) is 27.5 Å². The third-order valence-corrected chi connectivity index (χ3v) is 2.38. The van der Waals surface area contributed by atoms with E-state index >= 15 is 0 Å². The van der Waals surface area contributed by atoms with E-state index in [9.17, 15) is 4.79 Å². The minimum absolute atomic E-state index is 0.354. The van der Waals surface area contributed by atoms with Crippen LogP contribution in [0.4, 0.5) is 0 Å². The number of ether oxygens (including phenoxy) is 2. The Kier molecular flexibility index (Phi) is 5.38. The molecule has 0 amide bonds. The highest BCUT2D eigenvalue weighted by Gasteiger charge is 2.11. The zero-order valence-electron chi connectivity index (χ0n) is 9.53. The molecule has 0 N–H and O–H groups in total. The molecule has 1 rings (SSSR count). The van der Waals surface area contributed by atoms with E-state index in [1.807, 2.05) is 0 Å². The Morgan fingerprint density at radius 3 is 2.88 bits per heavy atom. The predicted molar refractivity (Wildman–Crippen MR) is 67.0 cm³/mol. The van der Waals surface area contributed by atoms with E-state index in [0.29, 0.717) is 41.4 Å². The normalized spacial score (nSPS) is 9.47. The van der Waals surface area contributed by atoms with Gasteiger partial charge < -0.3 is 9.47 Å². The molecule has 17 heavy (non-hydrogen) atoms. The summed E-state index contributed by atoms with van der Waals surface area (Å²) in [6.45, 7) is 0.459. The Balaban J connectivity index is 2.83. The minimum Gasteiger partial charge on any atom is -0.493 e. The average molecular weight is 253 g/mol. The Morgan fingerprint density at radius 1 is 1.53 bits per heavy atom. The monoisotopic (exact) mass is 252 g/mol. The third-order valence-electron chi connectivity index (χ3n) is 2.10. The molecule has 0 aliphatic heterocycles. The van der Waals surface area contributed by atoms with E-state index < -0.39 is 0 Å². The average Bonchev–Trinajstić information content (AvgIpc) is 2.35. The topological polar surface area (TPSA) is 35.5 Å². The summed E-state index contributed by atoms with van der Waals surface area (Å²) in [5, 5.41) is 0.354. The number of hydrogen-bond acceptors (Lipinski definition) is 3. The summed E-state index contributed by atoms with van der Waals surface area (Å²) in [5.41, 5.74) is 0.447. The van der Waals surface area contributed by atoms with E-state index in [2.05, 4.69) is 5.92 Å². The van der Waals surface area contributed by atoms with Gasteiger partial charge in [0, 0.05) is 12.0 Å². The number of halogens is 1. The maximum Gasteiger partial charge on any atom is 0.179 e. The van der Waals surface area contributed by atoms with Gasteiger partial charge in [0.15, 0.2) is 11.5 Å². The summed E-state index contributed by atoms with van der Waals surface area (Å²) >= 11 is 6.00. The molecule has 0 unspecified atom stereocenters. The molecule has 3 nitrogen and oxygen atoms in total. The number of hydrogen-bond donors (Lipinski definition) is 0. The number of aldehydes is 1. The molecule has 0 saturated carbocycles. The van der Waals surface area contributed by atoms with Gasteiger partial charge in [0.25, 0.3) is 0 Å². The fourth-order valence-corrected chi connectivity index (χ4v) is 1.57. The smallest absolute Gasteiger partial charge is 0.179 e. The first-order chi connectivity index (χ1) is 8.22. The van der Waals surface area contributed by atoms with Crippen molar-refractivity contribution < 1.29 is 14.3 Å². The first-order valence-corrected chi connectivity index (χ1v) is 5.49. The SMILES string of the molecule is C#CCCCOc1c(Cl)cc(C=O)cc1OC. The van der Waals surface area contributed by atoms with Crippen molar-refractivity contribution in [3.63, 3.8) is 0 Å². The molecule has 90 valence electrons.